The van der Waals surface area contributed by atoms with Crippen LogP contribution < -0.4 is 35.6 Å². The number of hydrogen-bond donors (Lipinski definition) is 3. The van der Waals surface area contributed by atoms with Crippen molar-refractivity contribution in [3.8, 4) is 11.5 Å². The van der Waals surface area contributed by atoms with Crippen molar-refractivity contribution in [1.82, 2.24) is 10.3 Å². The number of nitrogens with two attached hydrogens (primary N) is 1. The molecule has 2 heterocycles. The molecule has 1 aromatic heterocycles. The number of carbonyl (C=O) groups is 2. The van der Waals surface area contributed by atoms with Gasteiger partial charge in [0, 0.05) is 23.4 Å². The lowest BCUT2D eigenvalue weighted by Gasteiger charge is -2.38. The van der Waals surface area contributed by atoms with E-state index in [0.717, 1.165) is 36.8 Å². The minimum absolute atomic E-state index is 0.0770. The number of hydrogen-bond acceptors (Lipinski definition) is 8. The number of rotatable bonds is 8. The second kappa shape index (κ2) is 13.7. The van der Waals surface area contributed by atoms with E-state index in [2.05, 4.69) is 10.6 Å². The van der Waals surface area contributed by atoms with E-state index in [1.807, 2.05) is 51.1 Å². The molecule has 246 valence electrons. The quantitative estimate of drug-likeness (QED) is 0.212. The van der Waals surface area contributed by atoms with Gasteiger partial charge in [-0.15, -0.1) is 0 Å². The van der Waals surface area contributed by atoms with E-state index in [1.54, 1.807) is 17.0 Å². The summed E-state index contributed by atoms with van der Waals surface area (Å²) in [6.45, 7) is 5.85. The topological polar surface area (TPSA) is 131 Å². The Morgan fingerprint density at radius 2 is 1.70 bits per heavy atom. The third-order valence-electron chi connectivity index (χ3n) is 7.92. The first-order valence-electron chi connectivity index (χ1n) is 15.2. The van der Waals surface area contributed by atoms with Crippen molar-refractivity contribution >= 4 is 58.3 Å². The fourth-order valence-corrected chi connectivity index (χ4v) is 6.52. The molecule has 11 nitrogen and oxygen atoms in total. The highest BCUT2D eigenvalue weighted by molar-refractivity contribution is 6.42. The van der Waals surface area contributed by atoms with E-state index in [1.165, 1.54) is 19.1 Å². The zero-order chi connectivity index (χ0) is 33.2. The molecule has 1 aliphatic heterocycles. The fraction of sp³-hybridized carbons (Fsp3) is 0.424. The Bertz CT molecular complexity index is 1590. The Balaban J connectivity index is 1.50. The van der Waals surface area contributed by atoms with Crippen LogP contribution in [0.5, 0.6) is 11.5 Å². The molecule has 4 N–H and O–H groups in total. The van der Waals surface area contributed by atoms with Gasteiger partial charge in [0.15, 0.2) is 0 Å². The second-order valence-corrected chi connectivity index (χ2v) is 13.2. The van der Waals surface area contributed by atoms with Gasteiger partial charge in [0.2, 0.25) is 0 Å². The summed E-state index contributed by atoms with van der Waals surface area (Å²) >= 11 is 13.5. The zero-order valence-electron chi connectivity index (χ0n) is 26.7. The van der Waals surface area contributed by atoms with Crippen molar-refractivity contribution in [3.05, 3.63) is 63.6 Å². The molecule has 13 heteroatoms. The van der Waals surface area contributed by atoms with Crippen LogP contribution in [0.1, 0.15) is 57.6 Å². The lowest BCUT2D eigenvalue weighted by atomic mass is 9.90. The van der Waals surface area contributed by atoms with Crippen LogP contribution >= 0.6 is 23.2 Å². The van der Waals surface area contributed by atoms with Gasteiger partial charge in [0.1, 0.15) is 38.8 Å². The number of nitrogens with zero attached hydrogens (tertiary/aromatic N) is 3. The molecule has 0 spiro atoms. The van der Waals surface area contributed by atoms with Crippen LogP contribution in [0.2, 0.25) is 10.0 Å². The molecule has 1 saturated carbocycles. The summed E-state index contributed by atoms with van der Waals surface area (Å²) in [4.78, 5) is 35.0. The Morgan fingerprint density at radius 1 is 1.02 bits per heavy atom. The highest BCUT2D eigenvalue weighted by Gasteiger charge is 2.37. The molecule has 2 unspecified atom stereocenters. The maximum atomic E-state index is 14.4. The molecule has 0 radical (unpaired) electrons. The maximum absolute atomic E-state index is 14.4. The fourth-order valence-electron chi connectivity index (χ4n) is 5.82. The number of pyridine rings is 1. The van der Waals surface area contributed by atoms with Crippen LogP contribution in [0, 0.1) is 0 Å². The van der Waals surface area contributed by atoms with E-state index in [9.17, 15) is 9.59 Å². The van der Waals surface area contributed by atoms with Crippen molar-refractivity contribution < 1.29 is 23.8 Å². The number of halogens is 2. The van der Waals surface area contributed by atoms with E-state index in [4.69, 9.17) is 48.1 Å². The monoisotopic (exact) mass is 670 g/mol. The summed E-state index contributed by atoms with van der Waals surface area (Å²) in [5.74, 6) is 1.71. The van der Waals surface area contributed by atoms with Gasteiger partial charge >= 0.3 is 12.1 Å². The number of aromatic nitrogens is 1. The first-order chi connectivity index (χ1) is 21.9. The van der Waals surface area contributed by atoms with Crippen LogP contribution in [0.25, 0.3) is 0 Å². The van der Waals surface area contributed by atoms with Gasteiger partial charge in [0.05, 0.1) is 39.0 Å². The van der Waals surface area contributed by atoms with Crippen molar-refractivity contribution in [3.63, 3.8) is 0 Å². The predicted molar refractivity (Wildman–Crippen MR) is 181 cm³/mol. The number of methoxy groups -OCH3 is 2. The molecule has 46 heavy (non-hydrogen) atoms. The molecule has 2 aliphatic rings. The van der Waals surface area contributed by atoms with Crippen molar-refractivity contribution in [2.75, 3.05) is 35.1 Å². The highest BCUT2D eigenvalue weighted by atomic mass is 35.5. The SMILES string of the molecule is COc1cc(OC)c(Cl)c(N2Cc3ccc(NC4CCCCC4NC(=O)OC(C)(C)C)nc3N(Cc3cccc(N)c3)C2=O)c1Cl. The maximum Gasteiger partial charge on any atom is 0.407 e. The van der Waals surface area contributed by atoms with Crippen LogP contribution in [0.15, 0.2) is 42.5 Å². The Labute approximate surface area is 279 Å². The van der Waals surface area contributed by atoms with E-state index in [0.29, 0.717) is 28.8 Å². The van der Waals surface area contributed by atoms with Crippen LogP contribution in [0.4, 0.5) is 32.6 Å². The van der Waals surface area contributed by atoms with Crippen LogP contribution in [-0.4, -0.2) is 49.0 Å². The predicted octanol–water partition coefficient (Wildman–Crippen LogP) is 7.38. The summed E-state index contributed by atoms with van der Waals surface area (Å²) in [6, 6.07) is 12.1. The Kier molecular flexibility index (Phi) is 9.93. The molecule has 2 atom stereocenters. The summed E-state index contributed by atoms with van der Waals surface area (Å²) in [5.41, 5.74) is 7.92. The van der Waals surface area contributed by atoms with Crippen LogP contribution in [-0.2, 0) is 17.8 Å². The van der Waals surface area contributed by atoms with Crippen LogP contribution in [0.3, 0.4) is 0 Å². The van der Waals surface area contributed by atoms with Gasteiger partial charge in [-0.1, -0.05) is 48.2 Å². The standard InChI is InChI=1S/C33H40Cl2N6O5/c1-33(2,3)46-31(42)38-23-12-7-6-11-22(23)37-26-14-13-20-18-40(29-27(34)24(44-4)16-25(45-5)28(29)35)32(43)41(30(20)39-26)17-19-9-8-10-21(36)15-19/h8-10,13-16,22-23H,6-7,11-12,17-18,36H2,1-5H3,(H,37,39)(H,38,42). The first kappa shape index (κ1) is 33.3. The third-order valence-corrected chi connectivity index (χ3v) is 8.65. The normalized spacial score (nSPS) is 18.1. The van der Waals surface area contributed by atoms with Crippen molar-refractivity contribution in [1.29, 1.82) is 0 Å². The van der Waals surface area contributed by atoms with Gasteiger partial charge in [-0.05, 0) is 63.4 Å². The molecule has 5 rings (SSSR count). The number of alkyl carbamates (subject to hydrolysis) is 1. The number of anilines is 4. The minimum atomic E-state index is -0.598. The minimum Gasteiger partial charge on any atom is -0.495 e. The summed E-state index contributed by atoms with van der Waals surface area (Å²) in [6.07, 6.45) is 3.20. The molecule has 0 bridgehead atoms. The first-order valence-corrected chi connectivity index (χ1v) is 15.9. The summed E-state index contributed by atoms with van der Waals surface area (Å²) in [5, 5.41) is 6.92. The zero-order valence-corrected chi connectivity index (χ0v) is 28.2. The molecule has 3 amide bonds. The number of urea groups is 1. The van der Waals surface area contributed by atoms with Gasteiger partial charge in [-0.2, -0.15) is 0 Å². The van der Waals surface area contributed by atoms with Gasteiger partial charge in [-0.25, -0.2) is 14.6 Å². The summed E-state index contributed by atoms with van der Waals surface area (Å²) in [7, 11) is 2.96. The molecule has 3 aromatic rings. The number of fused-ring (bicyclic) bond motifs is 1. The number of nitrogen functional groups attached to an aromatic ring is 1. The molecular formula is C33H40Cl2N6O5. The Morgan fingerprint density at radius 3 is 2.33 bits per heavy atom. The molecule has 0 saturated heterocycles. The van der Waals surface area contributed by atoms with Gasteiger partial charge < -0.3 is 30.6 Å². The van der Waals surface area contributed by atoms with E-state index < -0.39 is 11.7 Å². The third kappa shape index (κ3) is 7.31. The average molecular weight is 672 g/mol. The molecule has 1 fully saturated rings. The second-order valence-electron chi connectivity index (χ2n) is 12.4. The molecular weight excluding hydrogens is 631 g/mol. The van der Waals surface area contributed by atoms with Crippen molar-refractivity contribution in [2.24, 2.45) is 0 Å². The van der Waals surface area contributed by atoms with Gasteiger partial charge in [0.25, 0.3) is 0 Å². The lowest BCUT2D eigenvalue weighted by molar-refractivity contribution is 0.0488. The highest BCUT2D eigenvalue weighted by Crippen LogP contribution is 2.48. The molecule has 1 aliphatic carbocycles. The molecule has 2 aromatic carbocycles. The summed E-state index contributed by atoms with van der Waals surface area (Å²) < 4.78 is 16.4. The number of carbonyl (C=O) groups excluding carboxylic acids is 2. The van der Waals surface area contributed by atoms with Gasteiger partial charge in [-0.3, -0.25) is 9.80 Å². The number of ether oxygens (including phenoxy) is 3. The Hall–Kier alpha value is -4.09. The lowest BCUT2D eigenvalue weighted by Crippen LogP contribution is -2.50. The van der Waals surface area contributed by atoms with Crippen molar-refractivity contribution in [2.45, 2.75) is 77.2 Å². The largest absolute Gasteiger partial charge is 0.495 e. The van der Waals surface area contributed by atoms with E-state index >= 15 is 0 Å². The number of amides is 3. The smallest absolute Gasteiger partial charge is 0.407 e. The number of benzene rings is 2. The number of nitrogens with one attached hydrogen (secondary N) is 2. The van der Waals surface area contributed by atoms with E-state index in [-0.39, 0.29) is 46.9 Å². The average Bonchev–Trinajstić information content (AvgIpc) is 2.99.